The maximum absolute atomic E-state index is 13.5. The Hall–Kier alpha value is -1.42. The minimum atomic E-state index is -0.252. The molecule has 3 nitrogen and oxygen atoms in total. The van der Waals surface area contributed by atoms with Gasteiger partial charge in [0.2, 0.25) is 5.91 Å². The first-order valence-electron chi connectivity index (χ1n) is 7.76. The average Bonchev–Trinajstić information content (AvgIpc) is 2.81. The highest BCUT2D eigenvalue weighted by Gasteiger charge is 2.39. The molecule has 0 spiro atoms. The van der Waals surface area contributed by atoms with Gasteiger partial charge in [0.05, 0.1) is 6.54 Å². The molecule has 2 aliphatic rings. The minimum absolute atomic E-state index is 0.133. The van der Waals surface area contributed by atoms with Crippen molar-refractivity contribution >= 4 is 5.91 Å². The summed E-state index contributed by atoms with van der Waals surface area (Å²) in [5, 5.41) is 3.23. The lowest BCUT2D eigenvalue weighted by atomic mass is 9.75. The van der Waals surface area contributed by atoms with Gasteiger partial charge in [-0.1, -0.05) is 26.0 Å². The summed E-state index contributed by atoms with van der Waals surface area (Å²) in [7, 11) is 0. The molecular formula is C17H23FN2O. The first-order valence-corrected chi connectivity index (χ1v) is 7.76. The van der Waals surface area contributed by atoms with Gasteiger partial charge in [-0.05, 0) is 48.8 Å². The van der Waals surface area contributed by atoms with Crippen molar-refractivity contribution in [2.75, 3.05) is 6.54 Å². The molecule has 0 bridgehead atoms. The number of rotatable bonds is 2. The maximum atomic E-state index is 13.5. The molecule has 114 valence electrons. The smallest absolute Gasteiger partial charge is 0.238 e. The Kier molecular flexibility index (Phi) is 3.74. The number of nitrogens with one attached hydrogen (secondary N) is 1. The topological polar surface area (TPSA) is 32.3 Å². The molecule has 1 heterocycles. The zero-order chi connectivity index (χ0) is 15.0. The van der Waals surface area contributed by atoms with Crippen LogP contribution >= 0.6 is 0 Å². The first kappa shape index (κ1) is 14.5. The van der Waals surface area contributed by atoms with E-state index in [0.29, 0.717) is 12.0 Å². The summed E-state index contributed by atoms with van der Waals surface area (Å²) in [6.45, 7) is 4.93. The third-order valence-electron chi connectivity index (χ3n) is 4.88. The summed E-state index contributed by atoms with van der Waals surface area (Å²) in [5.74, 6) is -0.118. The van der Waals surface area contributed by atoms with Gasteiger partial charge in [0, 0.05) is 6.04 Å². The molecule has 3 rings (SSSR count). The fourth-order valence-electron chi connectivity index (χ4n) is 3.55. The van der Waals surface area contributed by atoms with Crippen LogP contribution in [-0.2, 0) is 4.79 Å². The van der Waals surface area contributed by atoms with E-state index < -0.39 is 0 Å². The van der Waals surface area contributed by atoms with E-state index in [-0.39, 0.29) is 23.9 Å². The highest BCUT2D eigenvalue weighted by atomic mass is 19.1. The third kappa shape index (κ3) is 2.95. The molecular weight excluding hydrogens is 267 g/mol. The molecule has 1 aromatic rings. The Labute approximate surface area is 125 Å². The highest BCUT2D eigenvalue weighted by Crippen LogP contribution is 2.39. The van der Waals surface area contributed by atoms with Gasteiger partial charge in [-0.3, -0.25) is 10.1 Å². The fourth-order valence-corrected chi connectivity index (χ4v) is 3.55. The summed E-state index contributed by atoms with van der Waals surface area (Å²) in [6.07, 6.45) is 4.16. The Morgan fingerprint density at radius 3 is 2.67 bits per heavy atom. The monoisotopic (exact) mass is 290 g/mol. The van der Waals surface area contributed by atoms with Crippen LogP contribution < -0.4 is 5.32 Å². The summed E-state index contributed by atoms with van der Waals surface area (Å²) in [4.78, 5) is 14.2. The quantitative estimate of drug-likeness (QED) is 0.907. The lowest BCUT2D eigenvalue weighted by Gasteiger charge is -2.40. The number of hydrogen-bond acceptors (Lipinski definition) is 2. The van der Waals surface area contributed by atoms with Gasteiger partial charge in [0.1, 0.15) is 12.0 Å². The van der Waals surface area contributed by atoms with Gasteiger partial charge >= 0.3 is 0 Å². The third-order valence-corrected chi connectivity index (χ3v) is 4.88. The van der Waals surface area contributed by atoms with Crippen LogP contribution in [0.1, 0.15) is 51.3 Å². The van der Waals surface area contributed by atoms with Crippen molar-refractivity contribution in [3.05, 3.63) is 35.6 Å². The van der Waals surface area contributed by atoms with E-state index in [1.165, 1.54) is 12.1 Å². The molecule has 0 radical (unpaired) electrons. The summed E-state index contributed by atoms with van der Waals surface area (Å²) < 4.78 is 13.5. The predicted octanol–water partition coefficient (Wildman–Crippen LogP) is 3.22. The lowest BCUT2D eigenvalue weighted by molar-refractivity contribution is -0.131. The SMILES string of the molecule is CC1(C)CCC(N2C(=O)CNC2c2cccc(F)c2)CC1. The summed E-state index contributed by atoms with van der Waals surface area (Å²) >= 11 is 0. The number of benzene rings is 1. The second kappa shape index (κ2) is 5.41. The molecule has 1 aliphatic carbocycles. The van der Waals surface area contributed by atoms with Crippen LogP contribution in [-0.4, -0.2) is 23.4 Å². The zero-order valence-corrected chi connectivity index (χ0v) is 12.7. The summed E-state index contributed by atoms with van der Waals surface area (Å²) in [6, 6.07) is 6.83. The fraction of sp³-hybridized carbons (Fsp3) is 0.588. The number of nitrogens with zero attached hydrogens (tertiary/aromatic N) is 1. The highest BCUT2D eigenvalue weighted by molar-refractivity contribution is 5.81. The van der Waals surface area contributed by atoms with Crippen molar-refractivity contribution in [2.45, 2.75) is 51.7 Å². The Bertz CT molecular complexity index is 533. The first-order chi connectivity index (χ1) is 9.96. The van der Waals surface area contributed by atoms with Crippen molar-refractivity contribution in [1.82, 2.24) is 10.2 Å². The number of halogens is 1. The molecule has 1 saturated carbocycles. The van der Waals surface area contributed by atoms with Crippen LogP contribution in [0.25, 0.3) is 0 Å². The van der Waals surface area contributed by atoms with E-state index in [1.54, 1.807) is 6.07 Å². The Balaban J connectivity index is 1.80. The average molecular weight is 290 g/mol. The molecule has 4 heteroatoms. The second-order valence-electron chi connectivity index (χ2n) is 7.03. The molecule has 21 heavy (non-hydrogen) atoms. The van der Waals surface area contributed by atoms with Gasteiger partial charge in [-0.2, -0.15) is 0 Å². The molecule has 1 unspecified atom stereocenters. The Morgan fingerprint density at radius 1 is 1.29 bits per heavy atom. The van der Waals surface area contributed by atoms with Gasteiger partial charge in [-0.25, -0.2) is 4.39 Å². The largest absolute Gasteiger partial charge is 0.319 e. The van der Waals surface area contributed by atoms with E-state index in [2.05, 4.69) is 19.2 Å². The van der Waals surface area contributed by atoms with E-state index in [0.717, 1.165) is 31.2 Å². The van der Waals surface area contributed by atoms with Gasteiger partial charge < -0.3 is 4.90 Å². The second-order valence-corrected chi connectivity index (χ2v) is 7.03. The van der Waals surface area contributed by atoms with E-state index >= 15 is 0 Å². The van der Waals surface area contributed by atoms with Crippen molar-refractivity contribution < 1.29 is 9.18 Å². The molecule has 0 aromatic heterocycles. The number of carbonyl (C=O) groups excluding carboxylic acids is 1. The Morgan fingerprint density at radius 2 is 2.00 bits per heavy atom. The lowest BCUT2D eigenvalue weighted by Crippen LogP contribution is -2.42. The standard InChI is InChI=1S/C17H23FN2O/c1-17(2)8-6-14(7-9-17)20-15(21)11-19-16(20)12-4-3-5-13(18)10-12/h3-5,10,14,16,19H,6-9,11H2,1-2H3. The van der Waals surface area contributed by atoms with Crippen LogP contribution in [0.2, 0.25) is 0 Å². The molecule has 1 aromatic carbocycles. The van der Waals surface area contributed by atoms with Crippen LogP contribution in [0, 0.1) is 11.2 Å². The minimum Gasteiger partial charge on any atom is -0.319 e. The molecule has 2 fully saturated rings. The van der Waals surface area contributed by atoms with Crippen molar-refractivity contribution in [1.29, 1.82) is 0 Å². The normalized spacial score (nSPS) is 26.3. The van der Waals surface area contributed by atoms with Crippen molar-refractivity contribution in [3.63, 3.8) is 0 Å². The van der Waals surface area contributed by atoms with Gasteiger partial charge in [0.15, 0.2) is 0 Å². The van der Waals surface area contributed by atoms with Crippen LogP contribution in [0.4, 0.5) is 4.39 Å². The molecule has 1 saturated heterocycles. The van der Waals surface area contributed by atoms with Crippen LogP contribution in [0.15, 0.2) is 24.3 Å². The van der Waals surface area contributed by atoms with E-state index in [4.69, 9.17) is 0 Å². The summed E-state index contributed by atoms with van der Waals surface area (Å²) in [5.41, 5.74) is 1.21. The number of amides is 1. The molecule has 1 atom stereocenters. The van der Waals surface area contributed by atoms with E-state index in [9.17, 15) is 9.18 Å². The van der Waals surface area contributed by atoms with Crippen LogP contribution in [0.3, 0.4) is 0 Å². The van der Waals surface area contributed by atoms with Gasteiger partial charge in [-0.15, -0.1) is 0 Å². The van der Waals surface area contributed by atoms with Gasteiger partial charge in [0.25, 0.3) is 0 Å². The zero-order valence-electron chi connectivity index (χ0n) is 12.7. The van der Waals surface area contributed by atoms with Crippen LogP contribution in [0.5, 0.6) is 0 Å². The molecule has 1 amide bonds. The molecule has 1 aliphatic heterocycles. The number of carbonyl (C=O) groups is 1. The van der Waals surface area contributed by atoms with Crippen molar-refractivity contribution in [2.24, 2.45) is 5.41 Å². The molecule has 1 N–H and O–H groups in total. The van der Waals surface area contributed by atoms with Crippen molar-refractivity contribution in [3.8, 4) is 0 Å². The predicted molar refractivity (Wildman–Crippen MR) is 80.0 cm³/mol. The van der Waals surface area contributed by atoms with E-state index in [1.807, 2.05) is 11.0 Å². The maximum Gasteiger partial charge on any atom is 0.238 e. The number of hydrogen-bond donors (Lipinski definition) is 1.